The Kier molecular flexibility index (Phi) is 4.89. The van der Waals surface area contributed by atoms with Gasteiger partial charge in [-0.15, -0.1) is 16.4 Å². The van der Waals surface area contributed by atoms with Crippen LogP contribution < -0.4 is 0 Å². The van der Waals surface area contributed by atoms with E-state index in [1.165, 1.54) is 41.5 Å². The molecule has 6 nitrogen and oxygen atoms in total. The van der Waals surface area contributed by atoms with Crippen LogP contribution in [-0.4, -0.2) is 35.6 Å². The summed E-state index contributed by atoms with van der Waals surface area (Å²) in [5.74, 6) is 0.583. The van der Waals surface area contributed by atoms with Crippen LogP contribution in [0.15, 0.2) is 40.9 Å². The predicted molar refractivity (Wildman–Crippen MR) is 113 cm³/mol. The summed E-state index contributed by atoms with van der Waals surface area (Å²) >= 11 is 1.82. The number of esters is 1. The number of amidine groups is 1. The fourth-order valence-electron chi connectivity index (χ4n) is 4.34. The lowest BCUT2D eigenvalue weighted by Crippen LogP contribution is -2.59. The van der Waals surface area contributed by atoms with Crippen LogP contribution in [0.25, 0.3) is 0 Å². The van der Waals surface area contributed by atoms with Crippen LogP contribution in [0.1, 0.15) is 54.3 Å². The molecule has 0 saturated carbocycles. The Bertz CT molecular complexity index is 959. The van der Waals surface area contributed by atoms with Crippen LogP contribution in [-0.2, 0) is 27.3 Å². The number of hydrogen-bond acceptors (Lipinski definition) is 7. The van der Waals surface area contributed by atoms with E-state index in [2.05, 4.69) is 24.8 Å². The standard InChI is InChI=1S/C22H25N3O3S/c1-14-7-9-15(10-8-14)13-24-22-20-16-5-3-4-6-17(16)29-21(20)23-18(25(22)28-24)11-12-19(26)27-2/h7,9-10,22H,1,3-6,8,11-13H2,2H3. The number of hydroxylamine groups is 4. The van der Waals surface area contributed by atoms with E-state index >= 15 is 0 Å². The summed E-state index contributed by atoms with van der Waals surface area (Å²) in [6, 6.07) is 0. The molecule has 0 bridgehead atoms. The van der Waals surface area contributed by atoms with Gasteiger partial charge in [-0.05, 0) is 43.2 Å². The molecule has 1 aromatic heterocycles. The van der Waals surface area contributed by atoms with E-state index in [1.807, 2.05) is 21.5 Å². The molecule has 1 atom stereocenters. The van der Waals surface area contributed by atoms with Crippen LogP contribution in [0, 0.1) is 0 Å². The van der Waals surface area contributed by atoms with E-state index in [9.17, 15) is 4.79 Å². The number of carbonyl (C=O) groups is 1. The number of nitrogens with zero attached hydrogens (tertiary/aromatic N) is 3. The van der Waals surface area contributed by atoms with Gasteiger partial charge in [-0.1, -0.05) is 30.4 Å². The average molecular weight is 412 g/mol. The van der Waals surface area contributed by atoms with Crippen LogP contribution in [0.5, 0.6) is 0 Å². The minimum Gasteiger partial charge on any atom is -0.469 e. The molecule has 0 spiro atoms. The number of aliphatic imine (C=N–C) groups is 1. The average Bonchev–Trinajstić information content (AvgIpc) is 3.08. The zero-order chi connectivity index (χ0) is 20.0. The summed E-state index contributed by atoms with van der Waals surface area (Å²) in [5.41, 5.74) is 5.14. The molecule has 2 aliphatic heterocycles. The molecule has 1 saturated heterocycles. The molecule has 2 aliphatic carbocycles. The molecule has 3 heterocycles. The third-order valence-corrected chi connectivity index (χ3v) is 7.10. The first-order valence-electron chi connectivity index (χ1n) is 10.2. The Morgan fingerprint density at radius 3 is 3.03 bits per heavy atom. The second kappa shape index (κ2) is 7.55. The lowest BCUT2D eigenvalue weighted by Gasteiger charge is -2.51. The van der Waals surface area contributed by atoms with Crippen molar-refractivity contribution in [2.75, 3.05) is 13.7 Å². The van der Waals surface area contributed by atoms with Gasteiger partial charge < -0.3 is 4.74 Å². The first-order chi connectivity index (χ1) is 14.1. The summed E-state index contributed by atoms with van der Waals surface area (Å²) in [4.78, 5) is 24.1. The van der Waals surface area contributed by atoms with E-state index in [-0.39, 0.29) is 12.1 Å². The number of carbonyl (C=O) groups excluding carboxylic acids is 1. The van der Waals surface area contributed by atoms with Crippen molar-refractivity contribution in [1.82, 2.24) is 10.1 Å². The third kappa shape index (κ3) is 3.37. The maximum absolute atomic E-state index is 11.7. The largest absolute Gasteiger partial charge is 0.469 e. The molecule has 7 heteroatoms. The Labute approximate surface area is 174 Å². The van der Waals surface area contributed by atoms with Gasteiger partial charge in [0.2, 0.25) is 0 Å². The molecular formula is C22H25N3O3S. The normalized spacial score (nSPS) is 22.9. The molecule has 0 radical (unpaired) electrons. The summed E-state index contributed by atoms with van der Waals surface area (Å²) in [6.45, 7) is 4.74. The number of rotatable bonds is 5. The van der Waals surface area contributed by atoms with Crippen LogP contribution in [0.4, 0.5) is 5.00 Å². The van der Waals surface area contributed by atoms with Crippen molar-refractivity contribution in [2.45, 2.75) is 51.1 Å². The highest BCUT2D eigenvalue weighted by Crippen LogP contribution is 2.52. The van der Waals surface area contributed by atoms with Gasteiger partial charge in [0.05, 0.1) is 20.1 Å². The Hall–Kier alpha value is -2.22. The lowest BCUT2D eigenvalue weighted by molar-refractivity contribution is -0.457. The first-order valence-corrected chi connectivity index (χ1v) is 11.0. The molecule has 29 heavy (non-hydrogen) atoms. The summed E-state index contributed by atoms with van der Waals surface area (Å²) in [6.07, 6.45) is 12.9. The first kappa shape index (κ1) is 18.8. The van der Waals surface area contributed by atoms with Gasteiger partial charge in [0.1, 0.15) is 10.8 Å². The van der Waals surface area contributed by atoms with Crippen LogP contribution >= 0.6 is 11.3 Å². The second-order valence-electron chi connectivity index (χ2n) is 7.86. The Morgan fingerprint density at radius 2 is 2.24 bits per heavy atom. The van der Waals surface area contributed by atoms with Gasteiger partial charge in [-0.2, -0.15) is 10.0 Å². The van der Waals surface area contributed by atoms with Gasteiger partial charge in [0.15, 0.2) is 6.17 Å². The maximum atomic E-state index is 11.7. The minimum absolute atomic E-state index is 0.0349. The van der Waals surface area contributed by atoms with Crippen molar-refractivity contribution < 1.29 is 14.5 Å². The van der Waals surface area contributed by atoms with E-state index in [1.54, 1.807) is 0 Å². The van der Waals surface area contributed by atoms with Gasteiger partial charge in [-0.3, -0.25) is 4.79 Å². The van der Waals surface area contributed by atoms with Crippen molar-refractivity contribution in [2.24, 2.45) is 4.99 Å². The number of hydrogen-bond donors (Lipinski definition) is 0. The monoisotopic (exact) mass is 411 g/mol. The van der Waals surface area contributed by atoms with Gasteiger partial charge >= 0.3 is 5.97 Å². The molecule has 1 unspecified atom stereocenters. The molecule has 0 aromatic carbocycles. The zero-order valence-corrected chi connectivity index (χ0v) is 17.5. The van der Waals surface area contributed by atoms with Crippen molar-refractivity contribution in [3.05, 3.63) is 52.0 Å². The minimum atomic E-state index is -0.226. The van der Waals surface area contributed by atoms with Crippen molar-refractivity contribution >= 4 is 28.1 Å². The van der Waals surface area contributed by atoms with E-state index in [0.29, 0.717) is 12.8 Å². The SMILES string of the molecule is C=C1C=CC(CN2ON3C(CCC(=O)OC)=Nc4sc5c(c4C23)CCCC5)=CC1. The molecular weight excluding hydrogens is 386 g/mol. The molecule has 4 aliphatic rings. The Morgan fingerprint density at radius 1 is 1.38 bits per heavy atom. The predicted octanol–water partition coefficient (Wildman–Crippen LogP) is 4.53. The number of thiophene rings is 1. The van der Waals surface area contributed by atoms with Gasteiger partial charge in [0.25, 0.3) is 0 Å². The number of methoxy groups -OCH3 is 1. The van der Waals surface area contributed by atoms with E-state index in [4.69, 9.17) is 14.7 Å². The van der Waals surface area contributed by atoms with Crippen molar-refractivity contribution in [3.8, 4) is 0 Å². The van der Waals surface area contributed by atoms with Crippen LogP contribution in [0.3, 0.4) is 0 Å². The molecule has 1 aromatic rings. The molecule has 0 amide bonds. The summed E-state index contributed by atoms with van der Waals surface area (Å²) < 4.78 is 4.80. The molecule has 1 fully saturated rings. The maximum Gasteiger partial charge on any atom is 0.305 e. The number of fused-ring (bicyclic) bond motifs is 5. The number of allylic oxidation sites excluding steroid dienone is 3. The Balaban J connectivity index is 1.43. The van der Waals surface area contributed by atoms with Crippen molar-refractivity contribution in [3.63, 3.8) is 0 Å². The third-order valence-electron chi connectivity index (χ3n) is 5.90. The van der Waals surface area contributed by atoms with E-state index in [0.717, 1.165) is 42.2 Å². The highest BCUT2D eigenvalue weighted by atomic mass is 32.1. The highest BCUT2D eigenvalue weighted by Gasteiger charge is 2.48. The van der Waals surface area contributed by atoms with E-state index < -0.39 is 0 Å². The number of aryl methyl sites for hydroxylation is 1. The van der Waals surface area contributed by atoms with Crippen LogP contribution in [0.2, 0.25) is 0 Å². The lowest BCUT2D eigenvalue weighted by atomic mass is 9.93. The quantitative estimate of drug-likeness (QED) is 0.667. The van der Waals surface area contributed by atoms with Gasteiger partial charge in [0, 0.05) is 16.9 Å². The van der Waals surface area contributed by atoms with Gasteiger partial charge in [-0.25, -0.2) is 4.99 Å². The molecule has 0 N–H and O–H groups in total. The smallest absolute Gasteiger partial charge is 0.305 e. The fraction of sp³-hybridized carbons (Fsp3) is 0.455. The molecule has 5 rings (SSSR count). The topological polar surface area (TPSA) is 54.4 Å². The number of ether oxygens (including phenoxy) is 1. The van der Waals surface area contributed by atoms with Crippen molar-refractivity contribution in [1.29, 1.82) is 0 Å². The summed E-state index contributed by atoms with van der Waals surface area (Å²) in [5, 5.41) is 5.02. The molecule has 152 valence electrons. The second-order valence-corrected chi connectivity index (χ2v) is 8.95. The summed E-state index contributed by atoms with van der Waals surface area (Å²) in [7, 11) is 1.42. The highest BCUT2D eigenvalue weighted by molar-refractivity contribution is 7.16. The zero-order valence-electron chi connectivity index (χ0n) is 16.6. The fourth-order valence-corrected chi connectivity index (χ4v) is 5.64.